The Morgan fingerprint density at radius 1 is 1.31 bits per heavy atom. The van der Waals surface area contributed by atoms with Crippen LogP contribution in [-0.2, 0) is 19.3 Å². The molecule has 0 aromatic carbocycles. The molecule has 2 heterocycles. The first-order chi connectivity index (χ1) is 7.79. The second kappa shape index (κ2) is 3.85. The predicted octanol–water partition coefficient (Wildman–Crippen LogP) is 4.05. The highest BCUT2D eigenvalue weighted by molar-refractivity contribution is 7.18. The van der Waals surface area contributed by atoms with Crippen LogP contribution in [0.1, 0.15) is 41.5 Å². The minimum absolute atomic E-state index is 1.13. The molecule has 1 nitrogen and oxygen atoms in total. The van der Waals surface area contributed by atoms with E-state index in [0.29, 0.717) is 0 Å². The number of hydrogen-bond acceptors (Lipinski definition) is 2. The summed E-state index contributed by atoms with van der Waals surface area (Å²) in [6, 6.07) is 2.27. The maximum atomic E-state index is 4.71. The number of fused-ring (bicyclic) bond motifs is 3. The largest absolute Gasteiger partial charge is 0.242 e. The predicted molar refractivity (Wildman–Crippen MR) is 70.4 cm³/mol. The van der Waals surface area contributed by atoms with Crippen molar-refractivity contribution in [3.05, 3.63) is 27.8 Å². The second-order valence-electron chi connectivity index (χ2n) is 4.67. The van der Waals surface area contributed by atoms with Gasteiger partial charge in [-0.3, -0.25) is 0 Å². The molecule has 3 rings (SSSR count). The molecule has 0 radical (unpaired) electrons. The van der Waals surface area contributed by atoms with Gasteiger partial charge in [-0.2, -0.15) is 0 Å². The molecule has 0 fully saturated rings. The van der Waals surface area contributed by atoms with Gasteiger partial charge in [-0.05, 0) is 56.2 Å². The summed E-state index contributed by atoms with van der Waals surface area (Å²) in [5, 5.41) is 1.49. The Hall–Kier alpha value is -0.890. The molecule has 0 bridgehead atoms. The summed E-state index contributed by atoms with van der Waals surface area (Å²) >= 11 is 1.93. The molecule has 2 heteroatoms. The molecule has 0 unspecified atom stereocenters. The standard InChI is InChI=1S/C14H17NS/c1-3-10-8-9(2)15-14-13(10)11-6-4-5-7-12(11)16-14/h8H,3-7H2,1-2H3. The fourth-order valence-corrected chi connectivity index (χ4v) is 4.11. The van der Waals surface area contributed by atoms with Crippen molar-refractivity contribution in [2.24, 2.45) is 0 Å². The number of rotatable bonds is 1. The van der Waals surface area contributed by atoms with Crippen LogP contribution in [0, 0.1) is 6.92 Å². The van der Waals surface area contributed by atoms with Gasteiger partial charge in [-0.1, -0.05) is 6.92 Å². The van der Waals surface area contributed by atoms with E-state index in [2.05, 4.69) is 19.9 Å². The lowest BCUT2D eigenvalue weighted by molar-refractivity contribution is 0.700. The first-order valence-corrected chi connectivity index (χ1v) is 7.02. The van der Waals surface area contributed by atoms with Gasteiger partial charge < -0.3 is 0 Å². The molecule has 1 aliphatic rings. The lowest BCUT2D eigenvalue weighted by Gasteiger charge is -2.11. The van der Waals surface area contributed by atoms with Crippen molar-refractivity contribution in [2.75, 3.05) is 0 Å². The summed E-state index contributed by atoms with van der Waals surface area (Å²) in [6.45, 7) is 4.36. The molecule has 0 saturated heterocycles. The van der Waals surface area contributed by atoms with E-state index in [1.54, 1.807) is 10.4 Å². The number of hydrogen-bond donors (Lipinski definition) is 0. The summed E-state index contributed by atoms with van der Waals surface area (Å²) in [5.74, 6) is 0. The number of nitrogens with zero attached hydrogens (tertiary/aromatic N) is 1. The van der Waals surface area contributed by atoms with Crippen LogP contribution in [0.2, 0.25) is 0 Å². The summed E-state index contributed by atoms with van der Waals surface area (Å²) < 4.78 is 0. The molecule has 16 heavy (non-hydrogen) atoms. The Balaban J connectivity index is 2.34. The molecule has 0 aliphatic heterocycles. The molecule has 0 atom stereocenters. The third-order valence-electron chi connectivity index (χ3n) is 3.52. The van der Waals surface area contributed by atoms with Gasteiger partial charge in [0.15, 0.2) is 0 Å². The van der Waals surface area contributed by atoms with E-state index < -0.39 is 0 Å². The zero-order valence-corrected chi connectivity index (χ0v) is 10.8. The smallest absolute Gasteiger partial charge is 0.124 e. The van der Waals surface area contributed by atoms with Crippen molar-refractivity contribution < 1.29 is 0 Å². The molecular weight excluding hydrogens is 214 g/mol. The van der Waals surface area contributed by atoms with E-state index in [1.165, 1.54) is 47.2 Å². The minimum Gasteiger partial charge on any atom is -0.242 e. The summed E-state index contributed by atoms with van der Waals surface area (Å²) in [7, 11) is 0. The second-order valence-corrected chi connectivity index (χ2v) is 5.75. The third-order valence-corrected chi connectivity index (χ3v) is 4.70. The first-order valence-electron chi connectivity index (χ1n) is 6.20. The Bertz CT molecular complexity index is 539. The Kier molecular flexibility index (Phi) is 2.47. The van der Waals surface area contributed by atoms with E-state index in [0.717, 1.165) is 6.42 Å². The van der Waals surface area contributed by atoms with Crippen molar-refractivity contribution >= 4 is 21.6 Å². The fraction of sp³-hybridized carbons (Fsp3) is 0.500. The number of aryl methyl sites for hydroxylation is 4. The van der Waals surface area contributed by atoms with Gasteiger partial charge >= 0.3 is 0 Å². The van der Waals surface area contributed by atoms with Gasteiger partial charge in [0.25, 0.3) is 0 Å². The van der Waals surface area contributed by atoms with Crippen molar-refractivity contribution in [1.29, 1.82) is 0 Å². The average Bonchev–Trinajstić information content (AvgIpc) is 2.65. The maximum Gasteiger partial charge on any atom is 0.124 e. The van der Waals surface area contributed by atoms with Crippen LogP contribution >= 0.6 is 11.3 Å². The molecule has 2 aromatic heterocycles. The molecule has 0 saturated carbocycles. The lowest BCUT2D eigenvalue weighted by atomic mass is 9.94. The zero-order valence-electron chi connectivity index (χ0n) is 9.97. The van der Waals surface area contributed by atoms with Crippen molar-refractivity contribution in [3.63, 3.8) is 0 Å². The van der Waals surface area contributed by atoms with Crippen molar-refractivity contribution in [2.45, 2.75) is 46.0 Å². The van der Waals surface area contributed by atoms with Crippen LogP contribution < -0.4 is 0 Å². The van der Waals surface area contributed by atoms with Crippen molar-refractivity contribution in [1.82, 2.24) is 4.98 Å². The fourth-order valence-electron chi connectivity index (χ4n) is 2.76. The average molecular weight is 231 g/mol. The van der Waals surface area contributed by atoms with Gasteiger partial charge in [-0.15, -0.1) is 11.3 Å². The van der Waals surface area contributed by atoms with Crippen LogP contribution in [0.3, 0.4) is 0 Å². The van der Waals surface area contributed by atoms with Gasteiger partial charge in [-0.25, -0.2) is 4.98 Å². The topological polar surface area (TPSA) is 12.9 Å². The molecular formula is C14H17NS. The van der Waals surface area contributed by atoms with E-state index >= 15 is 0 Å². The van der Waals surface area contributed by atoms with Gasteiger partial charge in [0, 0.05) is 16.0 Å². The normalized spacial score (nSPS) is 15.4. The quantitative estimate of drug-likeness (QED) is 0.721. The zero-order chi connectivity index (χ0) is 11.1. The molecule has 1 aliphatic carbocycles. The van der Waals surface area contributed by atoms with E-state index in [-0.39, 0.29) is 0 Å². The van der Waals surface area contributed by atoms with Crippen LogP contribution in [0.4, 0.5) is 0 Å². The number of pyridine rings is 1. The van der Waals surface area contributed by atoms with E-state index in [1.807, 2.05) is 11.3 Å². The molecule has 0 N–H and O–H groups in total. The van der Waals surface area contributed by atoms with Gasteiger partial charge in [0.2, 0.25) is 0 Å². The molecule has 0 spiro atoms. The van der Waals surface area contributed by atoms with Crippen LogP contribution in [0.5, 0.6) is 0 Å². The summed E-state index contributed by atoms with van der Waals surface area (Å²) in [6.07, 6.45) is 6.39. The number of thiophene rings is 1. The van der Waals surface area contributed by atoms with Gasteiger partial charge in [0.05, 0.1) is 0 Å². The Labute approximate surface area is 101 Å². The Morgan fingerprint density at radius 3 is 2.94 bits per heavy atom. The molecule has 0 amide bonds. The van der Waals surface area contributed by atoms with Crippen molar-refractivity contribution in [3.8, 4) is 0 Å². The van der Waals surface area contributed by atoms with Crippen LogP contribution in [0.25, 0.3) is 10.2 Å². The first kappa shape index (κ1) is 10.3. The Morgan fingerprint density at radius 2 is 2.12 bits per heavy atom. The molecule has 84 valence electrons. The van der Waals surface area contributed by atoms with Crippen LogP contribution in [-0.4, -0.2) is 4.98 Å². The lowest BCUT2D eigenvalue weighted by Crippen LogP contribution is -1.99. The monoisotopic (exact) mass is 231 g/mol. The van der Waals surface area contributed by atoms with E-state index in [4.69, 9.17) is 4.98 Å². The summed E-state index contributed by atoms with van der Waals surface area (Å²) in [4.78, 5) is 7.59. The summed E-state index contributed by atoms with van der Waals surface area (Å²) in [5.41, 5.74) is 4.29. The number of aromatic nitrogens is 1. The third kappa shape index (κ3) is 1.47. The SMILES string of the molecule is CCc1cc(C)nc2sc3c(c12)CCCC3. The highest BCUT2D eigenvalue weighted by Gasteiger charge is 2.18. The maximum absolute atomic E-state index is 4.71. The van der Waals surface area contributed by atoms with E-state index in [9.17, 15) is 0 Å². The minimum atomic E-state index is 1.13. The molecule has 2 aromatic rings. The highest BCUT2D eigenvalue weighted by atomic mass is 32.1. The van der Waals surface area contributed by atoms with Crippen LogP contribution in [0.15, 0.2) is 6.07 Å². The highest BCUT2D eigenvalue weighted by Crippen LogP contribution is 2.37. The van der Waals surface area contributed by atoms with Gasteiger partial charge in [0.1, 0.15) is 4.83 Å².